The maximum absolute atomic E-state index is 5.21. The molecule has 0 bridgehead atoms. The van der Waals surface area contributed by atoms with Gasteiger partial charge in [0.2, 0.25) is 0 Å². The zero-order valence-corrected chi connectivity index (χ0v) is 11.3. The van der Waals surface area contributed by atoms with Gasteiger partial charge in [-0.15, -0.1) is 11.3 Å². The van der Waals surface area contributed by atoms with E-state index in [2.05, 4.69) is 26.5 Å². The van der Waals surface area contributed by atoms with E-state index in [1.807, 2.05) is 12.4 Å². The molecular formula is C13H17N3OS. The summed E-state index contributed by atoms with van der Waals surface area (Å²) in [5, 5.41) is 6.31. The summed E-state index contributed by atoms with van der Waals surface area (Å²) in [5.74, 6) is 0.893. The number of aryl methyl sites for hydroxylation is 1. The van der Waals surface area contributed by atoms with E-state index in [1.54, 1.807) is 11.3 Å². The van der Waals surface area contributed by atoms with Crippen molar-refractivity contribution >= 4 is 11.3 Å². The van der Waals surface area contributed by atoms with Crippen LogP contribution in [0.2, 0.25) is 0 Å². The Morgan fingerprint density at radius 2 is 2.44 bits per heavy atom. The molecule has 0 aliphatic carbocycles. The normalized spacial score (nSPS) is 21.3. The Balaban J connectivity index is 1.77. The maximum atomic E-state index is 5.21. The van der Waals surface area contributed by atoms with Crippen molar-refractivity contribution in [2.24, 2.45) is 0 Å². The molecule has 0 saturated carbocycles. The summed E-state index contributed by atoms with van der Waals surface area (Å²) < 4.78 is 5.21. The van der Waals surface area contributed by atoms with E-state index in [0.717, 1.165) is 36.7 Å². The van der Waals surface area contributed by atoms with Gasteiger partial charge in [0.05, 0.1) is 17.2 Å². The van der Waals surface area contributed by atoms with Crippen molar-refractivity contribution in [1.29, 1.82) is 0 Å². The molecule has 0 spiro atoms. The molecule has 0 amide bonds. The second-order valence-corrected chi connectivity index (χ2v) is 5.54. The van der Waals surface area contributed by atoms with Crippen molar-refractivity contribution in [3.05, 3.63) is 34.1 Å². The maximum Gasteiger partial charge on any atom is 0.133 e. The number of hydrogen-bond donors (Lipinski definition) is 0. The van der Waals surface area contributed by atoms with E-state index in [0.29, 0.717) is 6.04 Å². The van der Waals surface area contributed by atoms with Crippen molar-refractivity contribution in [3.63, 3.8) is 0 Å². The van der Waals surface area contributed by atoms with Gasteiger partial charge in [0.25, 0.3) is 0 Å². The average molecular weight is 263 g/mol. The van der Waals surface area contributed by atoms with Gasteiger partial charge >= 0.3 is 0 Å². The first kappa shape index (κ1) is 11.9. The van der Waals surface area contributed by atoms with E-state index in [-0.39, 0.29) is 0 Å². The minimum Gasteiger partial charge on any atom is -0.361 e. The van der Waals surface area contributed by atoms with Crippen LogP contribution in [0.25, 0.3) is 0 Å². The fraction of sp³-hybridized carbons (Fsp3) is 0.538. The molecule has 4 nitrogen and oxygen atoms in total. The van der Waals surface area contributed by atoms with Gasteiger partial charge in [-0.05, 0) is 26.3 Å². The zero-order chi connectivity index (χ0) is 12.4. The topological polar surface area (TPSA) is 42.2 Å². The van der Waals surface area contributed by atoms with E-state index in [9.17, 15) is 0 Å². The molecule has 18 heavy (non-hydrogen) atoms. The van der Waals surface area contributed by atoms with Crippen molar-refractivity contribution in [2.45, 2.75) is 38.8 Å². The lowest BCUT2D eigenvalue weighted by atomic mass is 9.99. The van der Waals surface area contributed by atoms with Crippen LogP contribution in [-0.2, 0) is 6.54 Å². The summed E-state index contributed by atoms with van der Waals surface area (Å²) >= 11 is 1.66. The lowest BCUT2D eigenvalue weighted by molar-refractivity contribution is 0.132. The lowest BCUT2D eigenvalue weighted by Crippen LogP contribution is -2.33. The van der Waals surface area contributed by atoms with Crippen LogP contribution in [0.3, 0.4) is 0 Å². The van der Waals surface area contributed by atoms with Crippen LogP contribution in [0.5, 0.6) is 0 Å². The van der Waals surface area contributed by atoms with Crippen molar-refractivity contribution in [1.82, 2.24) is 15.0 Å². The number of nitrogens with zero attached hydrogens (tertiary/aromatic N) is 3. The molecule has 0 unspecified atom stereocenters. The average Bonchev–Trinajstić information content (AvgIpc) is 3.02. The van der Waals surface area contributed by atoms with E-state index in [1.165, 1.54) is 12.8 Å². The molecule has 1 atom stereocenters. The van der Waals surface area contributed by atoms with Crippen LogP contribution in [0.1, 0.15) is 42.5 Å². The smallest absolute Gasteiger partial charge is 0.133 e. The van der Waals surface area contributed by atoms with Crippen molar-refractivity contribution in [3.8, 4) is 0 Å². The van der Waals surface area contributed by atoms with Gasteiger partial charge < -0.3 is 4.52 Å². The summed E-state index contributed by atoms with van der Waals surface area (Å²) in [7, 11) is 0. The van der Waals surface area contributed by atoms with E-state index in [4.69, 9.17) is 4.52 Å². The van der Waals surface area contributed by atoms with Crippen LogP contribution in [0.4, 0.5) is 0 Å². The SMILES string of the molecule is Cc1cc([C@@H]2CCCCN2Cc2cscn2)no1. The van der Waals surface area contributed by atoms with Crippen LogP contribution in [-0.4, -0.2) is 21.6 Å². The minimum absolute atomic E-state index is 0.387. The van der Waals surface area contributed by atoms with Crippen LogP contribution >= 0.6 is 11.3 Å². The third kappa shape index (κ3) is 2.47. The second-order valence-electron chi connectivity index (χ2n) is 4.82. The number of piperidine rings is 1. The van der Waals surface area contributed by atoms with Crippen molar-refractivity contribution < 1.29 is 4.52 Å². The first-order valence-corrected chi connectivity index (χ1v) is 7.31. The third-order valence-electron chi connectivity index (χ3n) is 3.45. The first-order chi connectivity index (χ1) is 8.83. The van der Waals surface area contributed by atoms with Gasteiger partial charge in [-0.25, -0.2) is 4.98 Å². The Hall–Kier alpha value is -1.20. The summed E-state index contributed by atoms with van der Waals surface area (Å²) in [5.41, 5.74) is 4.13. The van der Waals surface area contributed by atoms with Crippen molar-refractivity contribution in [2.75, 3.05) is 6.54 Å². The van der Waals surface area contributed by atoms with Crippen LogP contribution in [0, 0.1) is 6.92 Å². The number of hydrogen-bond acceptors (Lipinski definition) is 5. The van der Waals surface area contributed by atoms with Gasteiger partial charge in [0, 0.05) is 18.0 Å². The molecule has 0 radical (unpaired) electrons. The van der Waals surface area contributed by atoms with E-state index < -0.39 is 0 Å². The molecule has 1 fully saturated rings. The standard InChI is InChI=1S/C13H17N3OS/c1-10-6-12(15-17-10)13-4-2-3-5-16(13)7-11-8-18-9-14-11/h6,8-9,13H,2-5,7H2,1H3/t13-/m0/s1. The van der Waals surface area contributed by atoms with Gasteiger partial charge in [0.15, 0.2) is 0 Å². The highest BCUT2D eigenvalue weighted by atomic mass is 32.1. The second kappa shape index (κ2) is 5.20. The molecule has 1 aliphatic rings. The highest BCUT2D eigenvalue weighted by Gasteiger charge is 2.26. The van der Waals surface area contributed by atoms with Gasteiger partial charge in [-0.1, -0.05) is 11.6 Å². The Kier molecular flexibility index (Phi) is 3.43. The molecule has 1 aliphatic heterocycles. The molecule has 1 saturated heterocycles. The Morgan fingerprint density at radius 1 is 1.50 bits per heavy atom. The van der Waals surface area contributed by atoms with Crippen LogP contribution < -0.4 is 0 Å². The molecule has 2 aromatic rings. The van der Waals surface area contributed by atoms with Gasteiger partial charge in [-0.2, -0.15) is 0 Å². The molecule has 0 N–H and O–H groups in total. The first-order valence-electron chi connectivity index (χ1n) is 6.37. The molecule has 3 rings (SSSR count). The van der Waals surface area contributed by atoms with Crippen LogP contribution in [0.15, 0.2) is 21.5 Å². The quantitative estimate of drug-likeness (QED) is 0.853. The minimum atomic E-state index is 0.387. The highest BCUT2D eigenvalue weighted by molar-refractivity contribution is 7.07. The summed E-state index contributed by atoms with van der Waals surface area (Å²) in [6.45, 7) is 3.98. The van der Waals surface area contributed by atoms with E-state index >= 15 is 0 Å². The fourth-order valence-electron chi connectivity index (χ4n) is 2.58. The zero-order valence-electron chi connectivity index (χ0n) is 10.5. The number of likely N-dealkylation sites (tertiary alicyclic amines) is 1. The predicted octanol–water partition coefficient (Wildman–Crippen LogP) is 3.17. The lowest BCUT2D eigenvalue weighted by Gasteiger charge is -2.33. The molecule has 5 heteroatoms. The number of rotatable bonds is 3. The Morgan fingerprint density at radius 3 is 3.17 bits per heavy atom. The molecule has 0 aromatic carbocycles. The molecule has 96 valence electrons. The third-order valence-corrected chi connectivity index (χ3v) is 4.09. The molecular weight excluding hydrogens is 246 g/mol. The van der Waals surface area contributed by atoms with Gasteiger partial charge in [-0.3, -0.25) is 4.90 Å². The molecule has 3 heterocycles. The monoisotopic (exact) mass is 263 g/mol. The fourth-order valence-corrected chi connectivity index (χ4v) is 3.13. The summed E-state index contributed by atoms with van der Waals surface area (Å²) in [6.07, 6.45) is 3.69. The molecule has 2 aromatic heterocycles. The Bertz CT molecular complexity index is 494. The predicted molar refractivity (Wildman–Crippen MR) is 70.4 cm³/mol. The van der Waals surface area contributed by atoms with Gasteiger partial charge in [0.1, 0.15) is 11.5 Å². The highest BCUT2D eigenvalue weighted by Crippen LogP contribution is 2.31. The number of thiazole rings is 1. The Labute approximate surface area is 111 Å². The summed E-state index contributed by atoms with van der Waals surface area (Å²) in [4.78, 5) is 6.84. The largest absolute Gasteiger partial charge is 0.361 e. The summed E-state index contributed by atoms with van der Waals surface area (Å²) in [6, 6.07) is 2.45. The number of aromatic nitrogens is 2.